The monoisotopic (exact) mass is 484 g/mol. The first-order valence-corrected chi connectivity index (χ1v) is 11.9. The zero-order valence-electron chi connectivity index (χ0n) is 17.2. The lowest BCUT2D eigenvalue weighted by atomic mass is 10.2. The maximum Gasteiger partial charge on any atom is 0.416 e. The molecule has 7 nitrogen and oxygen atoms in total. The van der Waals surface area contributed by atoms with E-state index in [0.717, 1.165) is 40.9 Å². The molecule has 12 heteroatoms. The molecule has 32 heavy (non-hydrogen) atoms. The molecular formula is C20H19F3N4O3S2. The van der Waals surface area contributed by atoms with Gasteiger partial charge in [0.05, 0.1) is 17.5 Å². The van der Waals surface area contributed by atoms with Crippen molar-refractivity contribution in [2.24, 2.45) is 0 Å². The number of aryl methyl sites for hydroxylation is 1. The van der Waals surface area contributed by atoms with Gasteiger partial charge in [-0.3, -0.25) is 14.4 Å². The second-order valence-electron chi connectivity index (χ2n) is 7.05. The molecule has 0 aliphatic heterocycles. The molecule has 170 valence electrons. The summed E-state index contributed by atoms with van der Waals surface area (Å²) >= 11 is 1.09. The zero-order chi connectivity index (χ0) is 23.7. The van der Waals surface area contributed by atoms with Crippen LogP contribution in [-0.4, -0.2) is 36.8 Å². The van der Waals surface area contributed by atoms with Gasteiger partial charge in [0.25, 0.3) is 0 Å². The molecule has 3 rings (SSSR count). The van der Waals surface area contributed by atoms with Gasteiger partial charge in [-0.05, 0) is 32.0 Å². The van der Waals surface area contributed by atoms with Crippen LogP contribution in [-0.2, 0) is 21.0 Å². The Bertz CT molecular complexity index is 1230. The first kappa shape index (κ1) is 23.7. The van der Waals surface area contributed by atoms with Crippen LogP contribution in [0.15, 0.2) is 48.5 Å². The lowest BCUT2D eigenvalue weighted by Gasteiger charge is -2.28. The van der Waals surface area contributed by atoms with E-state index in [2.05, 4.69) is 15.5 Å². The minimum atomic E-state index is -4.66. The van der Waals surface area contributed by atoms with Crippen LogP contribution in [0.3, 0.4) is 0 Å². The van der Waals surface area contributed by atoms with Gasteiger partial charge in [0.2, 0.25) is 21.1 Å². The van der Waals surface area contributed by atoms with Crippen LogP contribution >= 0.6 is 11.3 Å². The summed E-state index contributed by atoms with van der Waals surface area (Å²) in [6.45, 7) is 3.22. The van der Waals surface area contributed by atoms with Crippen molar-refractivity contribution in [2.45, 2.75) is 26.1 Å². The minimum Gasteiger partial charge on any atom is -0.299 e. The number of sulfonamides is 1. The quantitative estimate of drug-likeness (QED) is 0.563. The van der Waals surface area contributed by atoms with E-state index in [1.54, 1.807) is 0 Å². The van der Waals surface area contributed by atoms with Gasteiger partial charge in [-0.2, -0.15) is 13.2 Å². The second kappa shape index (κ2) is 8.87. The maximum absolute atomic E-state index is 13.1. The SMILES string of the molecule is Cc1ccc(-c2nnc(NC(=O)C(C)N(c3cccc(C(F)(F)F)c3)S(C)(=O)=O)s2)cc1. The molecule has 0 aliphatic rings. The number of carbonyl (C=O) groups is 1. The van der Waals surface area contributed by atoms with Gasteiger partial charge in [-0.25, -0.2) is 8.42 Å². The number of hydrogen-bond donors (Lipinski definition) is 1. The average Bonchev–Trinajstić information content (AvgIpc) is 3.15. The number of carbonyl (C=O) groups excluding carboxylic acids is 1. The highest BCUT2D eigenvalue weighted by Gasteiger charge is 2.34. The number of nitrogens with one attached hydrogen (secondary N) is 1. The lowest BCUT2D eigenvalue weighted by Crippen LogP contribution is -2.45. The summed E-state index contributed by atoms with van der Waals surface area (Å²) in [7, 11) is -4.09. The molecule has 0 saturated heterocycles. The van der Waals surface area contributed by atoms with E-state index >= 15 is 0 Å². The fourth-order valence-electron chi connectivity index (χ4n) is 2.92. The summed E-state index contributed by atoms with van der Waals surface area (Å²) in [6, 6.07) is 9.94. The maximum atomic E-state index is 13.1. The molecule has 1 unspecified atom stereocenters. The Kier molecular flexibility index (Phi) is 6.56. The van der Waals surface area contributed by atoms with Crippen molar-refractivity contribution in [1.29, 1.82) is 0 Å². The molecule has 1 atom stereocenters. The Morgan fingerprint density at radius 3 is 2.38 bits per heavy atom. The summed E-state index contributed by atoms with van der Waals surface area (Å²) in [4.78, 5) is 12.7. The molecule has 0 fully saturated rings. The summed E-state index contributed by atoms with van der Waals surface area (Å²) in [5.41, 5.74) is 0.560. The molecule has 3 aromatic rings. The predicted molar refractivity (Wildman–Crippen MR) is 117 cm³/mol. The fourth-order valence-corrected chi connectivity index (χ4v) is 4.84. The van der Waals surface area contributed by atoms with Crippen LogP contribution in [0.4, 0.5) is 24.0 Å². The van der Waals surface area contributed by atoms with Crippen molar-refractivity contribution in [3.8, 4) is 10.6 Å². The molecular weight excluding hydrogens is 465 g/mol. The fraction of sp³-hybridized carbons (Fsp3) is 0.250. The number of halogens is 3. The number of amides is 1. The molecule has 0 aliphatic carbocycles. The number of alkyl halides is 3. The van der Waals surface area contributed by atoms with Crippen molar-refractivity contribution < 1.29 is 26.4 Å². The lowest BCUT2D eigenvalue weighted by molar-refractivity contribution is -0.137. The topological polar surface area (TPSA) is 92.3 Å². The van der Waals surface area contributed by atoms with Crippen LogP contribution in [0.25, 0.3) is 10.6 Å². The Labute approximate surface area is 187 Å². The Morgan fingerprint density at radius 1 is 1.12 bits per heavy atom. The first-order valence-electron chi connectivity index (χ1n) is 9.24. The van der Waals surface area contributed by atoms with Crippen molar-refractivity contribution in [1.82, 2.24) is 10.2 Å². The van der Waals surface area contributed by atoms with Crippen LogP contribution in [0.2, 0.25) is 0 Å². The summed E-state index contributed by atoms with van der Waals surface area (Å²) in [5, 5.41) is 11.1. The molecule has 1 N–H and O–H groups in total. The molecule has 0 bridgehead atoms. The van der Waals surface area contributed by atoms with Gasteiger partial charge in [0.1, 0.15) is 11.0 Å². The molecule has 1 heterocycles. The van der Waals surface area contributed by atoms with Gasteiger partial charge in [-0.1, -0.05) is 47.2 Å². The number of nitrogens with zero attached hydrogens (tertiary/aromatic N) is 3. The predicted octanol–water partition coefficient (Wildman–Crippen LogP) is 4.33. The van der Waals surface area contributed by atoms with Crippen LogP contribution < -0.4 is 9.62 Å². The van der Waals surface area contributed by atoms with Crippen LogP contribution in [0.1, 0.15) is 18.1 Å². The Balaban J connectivity index is 1.84. The van der Waals surface area contributed by atoms with E-state index < -0.39 is 33.7 Å². The average molecular weight is 485 g/mol. The third-order valence-corrected chi connectivity index (χ3v) is 6.60. The number of benzene rings is 2. The van der Waals surface area contributed by atoms with E-state index in [9.17, 15) is 26.4 Å². The van der Waals surface area contributed by atoms with Crippen molar-refractivity contribution in [2.75, 3.05) is 15.9 Å². The molecule has 0 saturated carbocycles. The number of rotatable bonds is 6. The third-order valence-electron chi connectivity index (χ3n) is 4.47. The largest absolute Gasteiger partial charge is 0.416 e. The standard InChI is InChI=1S/C20H19F3N4O3S2/c1-12-7-9-14(10-8-12)18-25-26-19(31-18)24-17(28)13(2)27(32(3,29)30)16-6-4-5-15(11-16)20(21,22)23/h4-11,13H,1-3H3,(H,24,26,28). The van der Waals surface area contributed by atoms with E-state index in [1.807, 2.05) is 31.2 Å². The summed E-state index contributed by atoms with van der Waals surface area (Å²) in [5.74, 6) is -0.764. The normalized spacial score (nSPS) is 12.9. The Hall–Kier alpha value is -2.99. The van der Waals surface area contributed by atoms with Crippen LogP contribution in [0, 0.1) is 6.92 Å². The minimum absolute atomic E-state index is 0.134. The van der Waals surface area contributed by atoms with E-state index in [-0.39, 0.29) is 10.8 Å². The molecule has 2 aromatic carbocycles. The van der Waals surface area contributed by atoms with E-state index in [1.165, 1.54) is 13.0 Å². The summed E-state index contributed by atoms with van der Waals surface area (Å²) in [6.07, 6.45) is -3.85. The molecule has 0 radical (unpaired) electrons. The second-order valence-corrected chi connectivity index (χ2v) is 9.89. The van der Waals surface area contributed by atoms with Crippen molar-refractivity contribution >= 4 is 38.1 Å². The number of aromatic nitrogens is 2. The van der Waals surface area contributed by atoms with Gasteiger partial charge in [-0.15, -0.1) is 10.2 Å². The summed E-state index contributed by atoms with van der Waals surface area (Å²) < 4.78 is 64.6. The van der Waals surface area contributed by atoms with Crippen molar-refractivity contribution in [3.63, 3.8) is 0 Å². The molecule has 1 amide bonds. The zero-order valence-corrected chi connectivity index (χ0v) is 18.8. The molecule has 1 aromatic heterocycles. The van der Waals surface area contributed by atoms with Crippen LogP contribution in [0.5, 0.6) is 0 Å². The number of hydrogen-bond acceptors (Lipinski definition) is 6. The highest BCUT2D eigenvalue weighted by molar-refractivity contribution is 7.92. The number of anilines is 2. The van der Waals surface area contributed by atoms with Gasteiger partial charge in [0.15, 0.2) is 0 Å². The Morgan fingerprint density at radius 2 is 1.78 bits per heavy atom. The highest BCUT2D eigenvalue weighted by Crippen LogP contribution is 2.33. The van der Waals surface area contributed by atoms with E-state index in [0.29, 0.717) is 15.4 Å². The van der Waals surface area contributed by atoms with Gasteiger partial charge >= 0.3 is 6.18 Å². The van der Waals surface area contributed by atoms with Crippen molar-refractivity contribution in [3.05, 3.63) is 59.7 Å². The smallest absolute Gasteiger partial charge is 0.299 e. The third kappa shape index (κ3) is 5.43. The molecule has 0 spiro atoms. The van der Waals surface area contributed by atoms with E-state index in [4.69, 9.17) is 0 Å². The van der Waals surface area contributed by atoms with Gasteiger partial charge in [0, 0.05) is 5.56 Å². The highest BCUT2D eigenvalue weighted by atomic mass is 32.2. The van der Waals surface area contributed by atoms with Gasteiger partial charge < -0.3 is 0 Å². The first-order chi connectivity index (χ1) is 14.9.